The van der Waals surface area contributed by atoms with E-state index in [1.165, 1.54) is 0 Å². The minimum atomic E-state index is -1.94. The molecule has 76 valence electrons. The molecule has 0 amide bonds. The summed E-state index contributed by atoms with van der Waals surface area (Å²) < 4.78 is 0. The Kier molecular flexibility index (Phi) is 2.08. The molecule has 0 aliphatic carbocycles. The van der Waals surface area contributed by atoms with Crippen molar-refractivity contribution in [2.45, 2.75) is 36.8 Å². The molecule has 2 aliphatic rings. The maximum atomic E-state index is 9.57. The van der Waals surface area contributed by atoms with Gasteiger partial charge in [-0.2, -0.15) is 0 Å². The van der Waals surface area contributed by atoms with E-state index in [1.54, 1.807) is 0 Å². The van der Waals surface area contributed by atoms with Crippen LogP contribution in [0.25, 0.3) is 0 Å². The second kappa shape index (κ2) is 2.90. The monoisotopic (exact) mass is 188 g/mol. The molecule has 3 atom stereocenters. The fourth-order valence-corrected chi connectivity index (χ4v) is 2.34. The van der Waals surface area contributed by atoms with Crippen molar-refractivity contribution in [3.8, 4) is 0 Å². The van der Waals surface area contributed by atoms with Crippen molar-refractivity contribution in [3.05, 3.63) is 0 Å². The van der Waals surface area contributed by atoms with Crippen molar-refractivity contribution < 1.29 is 15.3 Å². The zero-order chi connectivity index (χ0) is 9.64. The Labute approximate surface area is 76.8 Å². The van der Waals surface area contributed by atoms with Crippen molar-refractivity contribution in [3.63, 3.8) is 0 Å². The summed E-state index contributed by atoms with van der Waals surface area (Å²) in [6.07, 6.45) is 0.366. The predicted octanol–water partition coefficient (Wildman–Crippen LogP) is -2.17. The van der Waals surface area contributed by atoms with E-state index in [2.05, 4.69) is 0 Å². The van der Waals surface area contributed by atoms with Crippen LogP contribution in [0.1, 0.15) is 12.8 Å². The highest BCUT2D eigenvalue weighted by Crippen LogP contribution is 2.32. The van der Waals surface area contributed by atoms with Gasteiger partial charge in [0, 0.05) is 19.1 Å². The smallest absolute Gasteiger partial charge is 0.206 e. The number of fused-ring (bicyclic) bond motifs is 1. The molecule has 0 bridgehead atoms. The van der Waals surface area contributed by atoms with Crippen LogP contribution in [-0.4, -0.2) is 57.3 Å². The third kappa shape index (κ3) is 1.37. The molecule has 2 fully saturated rings. The summed E-state index contributed by atoms with van der Waals surface area (Å²) in [4.78, 5) is 1.86. The standard InChI is InChI=1S/C8H16N2O3/c9-5-1-2-6-8(12,13)7(11)4-10(6)3-5/h5-7,11-13H,1-4,9H2. The Hall–Kier alpha value is -0.200. The van der Waals surface area contributed by atoms with Gasteiger partial charge in [0.05, 0.1) is 6.04 Å². The third-order valence-corrected chi connectivity index (χ3v) is 3.11. The van der Waals surface area contributed by atoms with Gasteiger partial charge in [0.15, 0.2) is 0 Å². The second-order valence-corrected chi connectivity index (χ2v) is 4.11. The number of hydrogen-bond donors (Lipinski definition) is 4. The van der Waals surface area contributed by atoms with E-state index in [0.29, 0.717) is 19.5 Å². The summed E-state index contributed by atoms with van der Waals surface area (Å²) >= 11 is 0. The molecule has 5 N–H and O–H groups in total. The normalized spacial score (nSPS) is 44.8. The Morgan fingerprint density at radius 2 is 1.92 bits per heavy atom. The summed E-state index contributed by atoms with van der Waals surface area (Å²) in [5, 5.41) is 28.5. The van der Waals surface area contributed by atoms with E-state index in [-0.39, 0.29) is 12.1 Å². The number of rotatable bonds is 0. The summed E-state index contributed by atoms with van der Waals surface area (Å²) in [5.74, 6) is -1.94. The topological polar surface area (TPSA) is 90.0 Å². The fraction of sp³-hybridized carbons (Fsp3) is 1.00. The Morgan fingerprint density at radius 1 is 1.23 bits per heavy atom. The number of aliphatic hydroxyl groups is 3. The lowest BCUT2D eigenvalue weighted by molar-refractivity contribution is -0.224. The molecule has 2 heterocycles. The van der Waals surface area contributed by atoms with E-state index >= 15 is 0 Å². The maximum absolute atomic E-state index is 9.57. The zero-order valence-corrected chi connectivity index (χ0v) is 7.43. The molecule has 5 nitrogen and oxygen atoms in total. The zero-order valence-electron chi connectivity index (χ0n) is 7.43. The molecule has 2 rings (SSSR count). The van der Waals surface area contributed by atoms with Gasteiger partial charge < -0.3 is 21.1 Å². The number of nitrogens with two attached hydrogens (primary N) is 1. The maximum Gasteiger partial charge on any atom is 0.206 e. The van der Waals surface area contributed by atoms with Gasteiger partial charge in [-0.05, 0) is 12.8 Å². The molecule has 0 aromatic heterocycles. The number of hydrogen-bond acceptors (Lipinski definition) is 5. The Bertz CT molecular complexity index is 210. The minimum absolute atomic E-state index is 0.0948. The molecule has 2 saturated heterocycles. The van der Waals surface area contributed by atoms with Gasteiger partial charge in [-0.25, -0.2) is 0 Å². The van der Waals surface area contributed by atoms with E-state index in [9.17, 15) is 15.3 Å². The predicted molar refractivity (Wildman–Crippen MR) is 45.7 cm³/mol. The molecule has 0 aromatic carbocycles. The van der Waals surface area contributed by atoms with Gasteiger partial charge in [0.1, 0.15) is 6.10 Å². The van der Waals surface area contributed by atoms with Crippen LogP contribution in [0, 0.1) is 0 Å². The van der Waals surface area contributed by atoms with Gasteiger partial charge in [-0.3, -0.25) is 4.90 Å². The van der Waals surface area contributed by atoms with Crippen molar-refractivity contribution in [1.29, 1.82) is 0 Å². The summed E-state index contributed by atoms with van der Waals surface area (Å²) in [6.45, 7) is 0.954. The minimum Gasteiger partial charge on any atom is -0.386 e. The lowest BCUT2D eigenvalue weighted by atomic mass is 9.95. The van der Waals surface area contributed by atoms with Crippen LogP contribution >= 0.6 is 0 Å². The van der Waals surface area contributed by atoms with Gasteiger partial charge in [-0.15, -0.1) is 0 Å². The molecule has 3 unspecified atom stereocenters. The molecule has 5 heteroatoms. The van der Waals surface area contributed by atoms with Crippen molar-refractivity contribution >= 4 is 0 Å². The average Bonchev–Trinajstić information content (AvgIpc) is 2.23. The number of nitrogens with zero attached hydrogens (tertiary/aromatic N) is 1. The van der Waals surface area contributed by atoms with Crippen LogP contribution < -0.4 is 5.73 Å². The molecule has 0 saturated carbocycles. The first-order chi connectivity index (χ1) is 6.01. The molecule has 0 radical (unpaired) electrons. The summed E-state index contributed by atoms with van der Waals surface area (Å²) in [5.41, 5.74) is 5.74. The van der Waals surface area contributed by atoms with Crippen molar-refractivity contribution in [1.82, 2.24) is 4.90 Å². The Morgan fingerprint density at radius 3 is 2.62 bits per heavy atom. The third-order valence-electron chi connectivity index (χ3n) is 3.11. The van der Waals surface area contributed by atoms with E-state index < -0.39 is 11.9 Å². The highest BCUT2D eigenvalue weighted by atomic mass is 16.5. The highest BCUT2D eigenvalue weighted by Gasteiger charge is 2.53. The highest BCUT2D eigenvalue weighted by molar-refractivity contribution is 5.02. The average molecular weight is 188 g/mol. The first-order valence-corrected chi connectivity index (χ1v) is 4.64. The first kappa shape index (κ1) is 9.36. The quantitative estimate of drug-likeness (QED) is 0.325. The summed E-state index contributed by atoms with van der Waals surface area (Å²) in [7, 11) is 0. The molecular formula is C8H16N2O3. The molecular weight excluding hydrogens is 172 g/mol. The largest absolute Gasteiger partial charge is 0.386 e. The molecule has 0 spiro atoms. The second-order valence-electron chi connectivity index (χ2n) is 4.11. The van der Waals surface area contributed by atoms with E-state index in [0.717, 1.165) is 6.42 Å². The number of aliphatic hydroxyl groups excluding tert-OH is 1. The lowest BCUT2D eigenvalue weighted by Crippen LogP contribution is -2.54. The first-order valence-electron chi connectivity index (χ1n) is 4.64. The van der Waals surface area contributed by atoms with Gasteiger partial charge in [0.2, 0.25) is 5.79 Å². The van der Waals surface area contributed by atoms with Gasteiger partial charge >= 0.3 is 0 Å². The van der Waals surface area contributed by atoms with Gasteiger partial charge in [0.25, 0.3) is 0 Å². The SMILES string of the molecule is NC1CCC2N(C1)CC(O)C2(O)O. The van der Waals surface area contributed by atoms with Crippen LogP contribution in [0.3, 0.4) is 0 Å². The van der Waals surface area contributed by atoms with Crippen LogP contribution in [0.15, 0.2) is 0 Å². The number of piperidine rings is 1. The molecule has 13 heavy (non-hydrogen) atoms. The lowest BCUT2D eigenvalue weighted by Gasteiger charge is -2.36. The van der Waals surface area contributed by atoms with Crippen LogP contribution in [0.4, 0.5) is 0 Å². The summed E-state index contributed by atoms with van der Waals surface area (Å²) in [6, 6.07) is -0.250. The van der Waals surface area contributed by atoms with Gasteiger partial charge in [-0.1, -0.05) is 0 Å². The van der Waals surface area contributed by atoms with E-state index in [4.69, 9.17) is 5.73 Å². The molecule has 2 aliphatic heterocycles. The van der Waals surface area contributed by atoms with Crippen LogP contribution in [-0.2, 0) is 0 Å². The van der Waals surface area contributed by atoms with Crippen molar-refractivity contribution in [2.75, 3.05) is 13.1 Å². The van der Waals surface area contributed by atoms with E-state index in [1.807, 2.05) is 4.90 Å². The Balaban J connectivity index is 2.14. The fourth-order valence-electron chi connectivity index (χ4n) is 2.34. The molecule has 0 aromatic rings. The van der Waals surface area contributed by atoms with Crippen molar-refractivity contribution in [2.24, 2.45) is 5.73 Å². The van der Waals surface area contributed by atoms with Crippen LogP contribution in [0.5, 0.6) is 0 Å². The van der Waals surface area contributed by atoms with Crippen LogP contribution in [0.2, 0.25) is 0 Å².